The van der Waals surface area contributed by atoms with E-state index in [1.54, 1.807) is 0 Å². The molecule has 1 aromatic carbocycles. The van der Waals surface area contributed by atoms with Crippen molar-refractivity contribution >= 4 is 11.6 Å². The summed E-state index contributed by atoms with van der Waals surface area (Å²) in [5.41, 5.74) is 3.68. The molecule has 1 rings (SSSR count). The molecule has 0 unspecified atom stereocenters. The van der Waals surface area contributed by atoms with E-state index >= 15 is 0 Å². The maximum atomic E-state index is 5.72. The fourth-order valence-electron chi connectivity index (χ4n) is 1.60. The van der Waals surface area contributed by atoms with Crippen LogP contribution >= 0.6 is 11.6 Å². The number of hydrogen-bond acceptors (Lipinski definition) is 3. The van der Waals surface area contributed by atoms with Crippen molar-refractivity contribution in [1.29, 1.82) is 0 Å². The summed E-state index contributed by atoms with van der Waals surface area (Å²) in [7, 11) is 0. The Bertz CT molecular complexity index is 444. The lowest BCUT2D eigenvalue weighted by molar-refractivity contribution is 0.292. The largest absolute Gasteiger partial charge is 0.490 e. The molecule has 0 aromatic heterocycles. The standard InChI is InChI=1S/C16H24ClNO2/c1-5-19-16-8-14(10-18-12(2)3)6-7-15(16)20-11-13(4)9-17/h6-9,12,18H,5,10-11H2,1-4H3/b13-9+. The van der Waals surface area contributed by atoms with Gasteiger partial charge in [-0.2, -0.15) is 0 Å². The molecule has 20 heavy (non-hydrogen) atoms. The molecule has 4 heteroatoms. The zero-order valence-electron chi connectivity index (χ0n) is 12.7. The van der Waals surface area contributed by atoms with Crippen LogP contribution in [0.15, 0.2) is 29.3 Å². The molecule has 112 valence electrons. The van der Waals surface area contributed by atoms with E-state index in [4.69, 9.17) is 21.1 Å². The summed E-state index contributed by atoms with van der Waals surface area (Å²) in [5.74, 6) is 1.52. The lowest BCUT2D eigenvalue weighted by atomic mass is 10.2. The lowest BCUT2D eigenvalue weighted by Gasteiger charge is -2.14. The summed E-state index contributed by atoms with van der Waals surface area (Å²) < 4.78 is 11.4. The summed E-state index contributed by atoms with van der Waals surface area (Å²) >= 11 is 5.63. The zero-order valence-corrected chi connectivity index (χ0v) is 13.5. The molecule has 3 nitrogen and oxygen atoms in total. The first kappa shape index (κ1) is 16.9. The fraction of sp³-hybridized carbons (Fsp3) is 0.500. The molecular formula is C16H24ClNO2. The van der Waals surface area contributed by atoms with Crippen molar-refractivity contribution in [2.45, 2.75) is 40.3 Å². The van der Waals surface area contributed by atoms with Gasteiger partial charge < -0.3 is 14.8 Å². The number of nitrogens with one attached hydrogen (secondary N) is 1. The summed E-state index contributed by atoms with van der Waals surface area (Å²) in [6.07, 6.45) is 0. The highest BCUT2D eigenvalue weighted by Gasteiger charge is 2.07. The molecule has 1 aromatic rings. The molecule has 0 fully saturated rings. The van der Waals surface area contributed by atoms with Gasteiger partial charge in [0.25, 0.3) is 0 Å². The molecule has 0 spiro atoms. The fourth-order valence-corrected chi connectivity index (χ4v) is 1.66. The van der Waals surface area contributed by atoms with Crippen LogP contribution in [-0.2, 0) is 6.54 Å². The molecule has 0 heterocycles. The highest BCUT2D eigenvalue weighted by atomic mass is 35.5. The van der Waals surface area contributed by atoms with Gasteiger partial charge in [0.05, 0.1) is 6.61 Å². The number of benzene rings is 1. The monoisotopic (exact) mass is 297 g/mol. The van der Waals surface area contributed by atoms with Crippen molar-refractivity contribution in [1.82, 2.24) is 5.32 Å². The van der Waals surface area contributed by atoms with Gasteiger partial charge in [0, 0.05) is 18.1 Å². The van der Waals surface area contributed by atoms with Crippen molar-refractivity contribution in [3.63, 3.8) is 0 Å². The predicted octanol–water partition coefficient (Wildman–Crippen LogP) is 4.10. The van der Waals surface area contributed by atoms with Crippen molar-refractivity contribution in [3.05, 3.63) is 34.9 Å². The highest BCUT2D eigenvalue weighted by Crippen LogP contribution is 2.29. The van der Waals surface area contributed by atoms with Crippen LogP contribution < -0.4 is 14.8 Å². The molecule has 1 N–H and O–H groups in total. The summed E-state index contributed by atoms with van der Waals surface area (Å²) in [6, 6.07) is 6.48. The number of rotatable bonds is 8. The second-order valence-electron chi connectivity index (χ2n) is 4.99. The number of hydrogen-bond donors (Lipinski definition) is 1. The molecule has 0 aliphatic heterocycles. The highest BCUT2D eigenvalue weighted by molar-refractivity contribution is 6.25. The van der Waals surface area contributed by atoms with Gasteiger partial charge in [0.1, 0.15) is 6.61 Å². The second kappa shape index (κ2) is 8.88. The molecule has 0 atom stereocenters. The van der Waals surface area contributed by atoms with E-state index in [1.165, 1.54) is 11.1 Å². The molecule has 0 bridgehead atoms. The Balaban J connectivity index is 2.78. The van der Waals surface area contributed by atoms with Gasteiger partial charge in [-0.15, -0.1) is 0 Å². The van der Waals surface area contributed by atoms with E-state index < -0.39 is 0 Å². The van der Waals surface area contributed by atoms with Crippen molar-refractivity contribution in [3.8, 4) is 11.5 Å². The Morgan fingerprint density at radius 1 is 1.30 bits per heavy atom. The van der Waals surface area contributed by atoms with Crippen LogP contribution in [0.2, 0.25) is 0 Å². The predicted molar refractivity (Wildman–Crippen MR) is 84.7 cm³/mol. The third-order valence-corrected chi connectivity index (χ3v) is 3.04. The van der Waals surface area contributed by atoms with Crippen LogP contribution in [0.25, 0.3) is 0 Å². The molecule has 0 saturated carbocycles. The van der Waals surface area contributed by atoms with Crippen LogP contribution in [-0.4, -0.2) is 19.3 Å². The summed E-state index contributed by atoms with van der Waals surface area (Å²) in [6.45, 7) is 10.0. The molecular weight excluding hydrogens is 274 g/mol. The van der Waals surface area contributed by atoms with Gasteiger partial charge in [-0.3, -0.25) is 0 Å². The van der Waals surface area contributed by atoms with Gasteiger partial charge in [-0.25, -0.2) is 0 Å². The lowest BCUT2D eigenvalue weighted by Crippen LogP contribution is -2.21. The molecule has 0 radical (unpaired) electrons. The van der Waals surface area contributed by atoms with E-state index in [0.29, 0.717) is 19.3 Å². The number of halogens is 1. The van der Waals surface area contributed by atoms with Crippen molar-refractivity contribution < 1.29 is 9.47 Å². The molecule has 0 saturated heterocycles. The quantitative estimate of drug-likeness (QED) is 0.783. The molecule has 0 amide bonds. The number of ether oxygens (including phenoxy) is 2. The third-order valence-electron chi connectivity index (χ3n) is 2.66. The van der Waals surface area contributed by atoms with Gasteiger partial charge in [-0.1, -0.05) is 31.5 Å². The second-order valence-corrected chi connectivity index (χ2v) is 5.21. The Morgan fingerprint density at radius 2 is 2.05 bits per heavy atom. The first-order chi connectivity index (χ1) is 9.56. The van der Waals surface area contributed by atoms with Gasteiger partial charge >= 0.3 is 0 Å². The van der Waals surface area contributed by atoms with Crippen molar-refractivity contribution in [2.24, 2.45) is 0 Å². The van der Waals surface area contributed by atoms with Crippen LogP contribution in [0.1, 0.15) is 33.3 Å². The van der Waals surface area contributed by atoms with Crippen molar-refractivity contribution in [2.75, 3.05) is 13.2 Å². The minimum Gasteiger partial charge on any atom is -0.490 e. The normalized spacial score (nSPS) is 11.8. The van der Waals surface area contributed by atoms with E-state index in [9.17, 15) is 0 Å². The average Bonchev–Trinajstić information content (AvgIpc) is 2.44. The zero-order chi connectivity index (χ0) is 15.0. The van der Waals surface area contributed by atoms with E-state index in [0.717, 1.165) is 23.6 Å². The minimum absolute atomic E-state index is 0.456. The smallest absolute Gasteiger partial charge is 0.161 e. The third kappa shape index (κ3) is 5.85. The van der Waals surface area contributed by atoms with Crippen LogP contribution in [0.3, 0.4) is 0 Å². The Kier molecular flexibility index (Phi) is 7.48. The van der Waals surface area contributed by atoms with Gasteiger partial charge in [-0.05, 0) is 37.1 Å². The van der Waals surface area contributed by atoms with Crippen LogP contribution in [0, 0.1) is 0 Å². The van der Waals surface area contributed by atoms with E-state index in [1.807, 2.05) is 32.0 Å². The summed E-state index contributed by atoms with van der Waals surface area (Å²) in [4.78, 5) is 0. The minimum atomic E-state index is 0.456. The van der Waals surface area contributed by atoms with E-state index in [-0.39, 0.29) is 0 Å². The Morgan fingerprint density at radius 3 is 2.65 bits per heavy atom. The SMILES string of the molecule is CCOc1cc(CNC(C)C)ccc1OC/C(C)=C/Cl. The first-order valence-corrected chi connectivity index (χ1v) is 7.38. The van der Waals surface area contributed by atoms with Gasteiger partial charge in [0.2, 0.25) is 0 Å². The van der Waals surface area contributed by atoms with Crippen LogP contribution in [0.5, 0.6) is 11.5 Å². The topological polar surface area (TPSA) is 30.5 Å². The average molecular weight is 298 g/mol. The Labute approximate surface area is 126 Å². The Hall–Kier alpha value is -1.19. The molecule has 0 aliphatic rings. The van der Waals surface area contributed by atoms with Crippen LogP contribution in [0.4, 0.5) is 0 Å². The van der Waals surface area contributed by atoms with Gasteiger partial charge in [0.15, 0.2) is 11.5 Å². The maximum absolute atomic E-state index is 5.72. The maximum Gasteiger partial charge on any atom is 0.161 e. The molecule has 0 aliphatic carbocycles. The summed E-state index contributed by atoms with van der Waals surface area (Å²) in [5, 5.41) is 3.39. The first-order valence-electron chi connectivity index (χ1n) is 6.94. The van der Waals surface area contributed by atoms with E-state index in [2.05, 4.69) is 19.2 Å².